The van der Waals surface area contributed by atoms with Crippen LogP contribution in [-0.2, 0) is 7.05 Å². The van der Waals surface area contributed by atoms with Crippen LogP contribution in [0.1, 0.15) is 10.4 Å². The summed E-state index contributed by atoms with van der Waals surface area (Å²) in [4.78, 5) is 21.4. The van der Waals surface area contributed by atoms with Gasteiger partial charge in [-0.05, 0) is 40.8 Å². The zero-order valence-corrected chi connectivity index (χ0v) is 12.3. The lowest BCUT2D eigenvalue weighted by Crippen LogP contribution is -2.01. The molecular weight excluding hydrogens is 381 g/mol. The van der Waals surface area contributed by atoms with Gasteiger partial charge < -0.3 is 9.84 Å². The molecule has 0 atom stereocenters. The highest BCUT2D eigenvalue weighted by atomic mass is 127. The van der Waals surface area contributed by atoms with Gasteiger partial charge in [-0.1, -0.05) is 0 Å². The largest absolute Gasteiger partial charge is 0.478 e. The third-order valence-electron chi connectivity index (χ3n) is 2.35. The summed E-state index contributed by atoms with van der Waals surface area (Å²) >= 11 is 1.96. The minimum atomic E-state index is -1.18. The fourth-order valence-electron chi connectivity index (χ4n) is 1.52. The number of hydrogen-bond donors (Lipinski definition) is 1. The second-order valence-electron chi connectivity index (χ2n) is 3.80. The molecule has 0 aliphatic heterocycles. The van der Waals surface area contributed by atoms with Gasteiger partial charge in [0.1, 0.15) is 17.5 Å². The predicted molar refractivity (Wildman–Crippen MR) is 76.1 cm³/mol. The van der Waals surface area contributed by atoms with Gasteiger partial charge >= 0.3 is 17.5 Å². The highest BCUT2D eigenvalue weighted by molar-refractivity contribution is 14.1. The molecular formula is C11H8IN3O5. The van der Waals surface area contributed by atoms with E-state index in [2.05, 4.69) is 5.10 Å². The third kappa shape index (κ3) is 2.87. The van der Waals surface area contributed by atoms with E-state index < -0.39 is 10.9 Å². The van der Waals surface area contributed by atoms with Crippen LogP contribution in [0.15, 0.2) is 24.4 Å². The molecule has 0 saturated carbocycles. The molecule has 1 heterocycles. The summed E-state index contributed by atoms with van der Waals surface area (Å²) in [6, 6.07) is 4.48. The van der Waals surface area contributed by atoms with Crippen molar-refractivity contribution in [1.29, 1.82) is 0 Å². The lowest BCUT2D eigenvalue weighted by atomic mass is 10.2. The first-order chi connectivity index (χ1) is 9.38. The maximum absolute atomic E-state index is 11.1. The maximum Gasteiger partial charge on any atom is 0.350 e. The van der Waals surface area contributed by atoms with Crippen LogP contribution in [0.3, 0.4) is 0 Å². The highest BCUT2D eigenvalue weighted by Gasteiger charge is 2.23. The number of nitrogens with zero attached hydrogens (tertiary/aromatic N) is 3. The SMILES string of the molecule is Cn1cc([N+](=O)[O-])c(Oc2ccc(I)cc2C(=O)O)n1. The first kappa shape index (κ1) is 14.2. The van der Waals surface area contributed by atoms with Gasteiger partial charge in [0.15, 0.2) is 0 Å². The second kappa shape index (κ2) is 5.45. The standard InChI is InChI=1S/C11H8IN3O5/c1-14-5-8(15(18)19)10(13-14)20-9-3-2-6(12)4-7(9)11(16)17/h2-5H,1H3,(H,16,17). The number of carboxylic acids is 1. The van der Waals surface area contributed by atoms with Crippen molar-refractivity contribution in [2.24, 2.45) is 7.05 Å². The number of nitro groups is 1. The van der Waals surface area contributed by atoms with Gasteiger partial charge in [-0.25, -0.2) is 4.79 Å². The van der Waals surface area contributed by atoms with Crippen LogP contribution >= 0.6 is 22.6 Å². The molecule has 0 amide bonds. The van der Waals surface area contributed by atoms with Crippen molar-refractivity contribution in [2.45, 2.75) is 0 Å². The van der Waals surface area contributed by atoms with E-state index in [1.165, 1.54) is 30.1 Å². The maximum atomic E-state index is 11.1. The Morgan fingerprint density at radius 2 is 2.25 bits per heavy atom. The molecule has 20 heavy (non-hydrogen) atoms. The van der Waals surface area contributed by atoms with E-state index in [1.807, 2.05) is 22.6 Å². The summed E-state index contributed by atoms with van der Waals surface area (Å²) in [7, 11) is 1.51. The summed E-state index contributed by atoms with van der Waals surface area (Å²) in [5.74, 6) is -1.43. The number of carboxylic acid groups (broad SMARTS) is 1. The van der Waals surface area contributed by atoms with Gasteiger partial charge in [-0.3, -0.25) is 14.8 Å². The van der Waals surface area contributed by atoms with E-state index in [1.54, 1.807) is 6.07 Å². The Bertz CT molecular complexity index is 697. The zero-order chi connectivity index (χ0) is 14.9. The summed E-state index contributed by atoms with van der Waals surface area (Å²) in [6.45, 7) is 0. The van der Waals surface area contributed by atoms with Crippen molar-refractivity contribution in [3.63, 3.8) is 0 Å². The van der Waals surface area contributed by atoms with Crippen molar-refractivity contribution >= 4 is 34.2 Å². The van der Waals surface area contributed by atoms with Crippen LogP contribution in [0, 0.1) is 13.7 Å². The number of carbonyl (C=O) groups is 1. The van der Waals surface area contributed by atoms with E-state index in [9.17, 15) is 14.9 Å². The van der Waals surface area contributed by atoms with E-state index in [-0.39, 0.29) is 22.9 Å². The van der Waals surface area contributed by atoms with Crippen molar-refractivity contribution in [3.8, 4) is 11.6 Å². The molecule has 9 heteroatoms. The summed E-state index contributed by atoms with van der Waals surface area (Å²) < 4.78 is 7.22. The zero-order valence-electron chi connectivity index (χ0n) is 10.1. The molecule has 0 unspecified atom stereocenters. The Kier molecular flexibility index (Phi) is 3.88. The third-order valence-corrected chi connectivity index (χ3v) is 3.02. The van der Waals surface area contributed by atoms with Gasteiger partial charge in [-0.2, -0.15) is 0 Å². The van der Waals surface area contributed by atoms with Gasteiger partial charge in [-0.15, -0.1) is 5.10 Å². The molecule has 0 aliphatic rings. The number of halogens is 1. The summed E-state index contributed by atoms with van der Waals surface area (Å²) in [5, 5.41) is 23.8. The second-order valence-corrected chi connectivity index (χ2v) is 5.04. The molecule has 0 aliphatic carbocycles. The number of benzene rings is 1. The Morgan fingerprint density at radius 3 is 2.85 bits per heavy atom. The molecule has 0 spiro atoms. The van der Waals surface area contributed by atoms with Crippen molar-refractivity contribution in [1.82, 2.24) is 9.78 Å². The number of rotatable bonds is 4. The van der Waals surface area contributed by atoms with Crippen LogP contribution in [0.5, 0.6) is 11.6 Å². The Labute approximate surface area is 126 Å². The fourth-order valence-corrected chi connectivity index (χ4v) is 2.01. The Morgan fingerprint density at radius 1 is 1.55 bits per heavy atom. The number of aromatic nitrogens is 2. The topological polar surface area (TPSA) is 107 Å². The van der Waals surface area contributed by atoms with Crippen LogP contribution in [0.2, 0.25) is 0 Å². The van der Waals surface area contributed by atoms with Crippen molar-refractivity contribution < 1.29 is 19.6 Å². The average molecular weight is 389 g/mol. The number of aromatic carboxylic acids is 1. The molecule has 1 N–H and O–H groups in total. The van der Waals surface area contributed by atoms with Gasteiger partial charge in [0.25, 0.3) is 0 Å². The van der Waals surface area contributed by atoms with Gasteiger partial charge in [0.2, 0.25) is 0 Å². The van der Waals surface area contributed by atoms with Crippen LogP contribution in [0.25, 0.3) is 0 Å². The predicted octanol–water partition coefficient (Wildman–Crippen LogP) is 2.42. The van der Waals surface area contributed by atoms with E-state index in [0.29, 0.717) is 3.57 Å². The van der Waals surface area contributed by atoms with E-state index in [4.69, 9.17) is 9.84 Å². The van der Waals surface area contributed by atoms with Gasteiger partial charge in [0.05, 0.1) is 4.92 Å². The molecule has 1 aromatic heterocycles. The normalized spacial score (nSPS) is 10.3. The lowest BCUT2D eigenvalue weighted by molar-refractivity contribution is -0.385. The molecule has 0 saturated heterocycles. The molecule has 0 radical (unpaired) electrons. The smallest absolute Gasteiger partial charge is 0.350 e. The van der Waals surface area contributed by atoms with Crippen LogP contribution < -0.4 is 4.74 Å². The molecule has 0 fully saturated rings. The lowest BCUT2D eigenvalue weighted by Gasteiger charge is -2.06. The molecule has 0 bridgehead atoms. The van der Waals surface area contributed by atoms with E-state index in [0.717, 1.165) is 0 Å². The van der Waals surface area contributed by atoms with Crippen molar-refractivity contribution in [2.75, 3.05) is 0 Å². The van der Waals surface area contributed by atoms with Crippen LogP contribution in [-0.4, -0.2) is 25.8 Å². The Balaban J connectivity index is 2.45. The molecule has 2 aromatic rings. The quantitative estimate of drug-likeness (QED) is 0.489. The monoisotopic (exact) mass is 389 g/mol. The number of ether oxygens (including phenoxy) is 1. The number of hydrogen-bond acceptors (Lipinski definition) is 5. The van der Waals surface area contributed by atoms with Crippen LogP contribution in [0.4, 0.5) is 5.69 Å². The highest BCUT2D eigenvalue weighted by Crippen LogP contribution is 2.31. The minimum absolute atomic E-state index is 0.000263. The molecule has 2 rings (SSSR count). The molecule has 104 valence electrons. The molecule has 1 aromatic carbocycles. The Hall–Kier alpha value is -2.17. The number of aryl methyl sites for hydroxylation is 1. The first-order valence-electron chi connectivity index (χ1n) is 5.27. The minimum Gasteiger partial charge on any atom is -0.478 e. The van der Waals surface area contributed by atoms with Crippen molar-refractivity contribution in [3.05, 3.63) is 43.6 Å². The summed E-state index contributed by atoms with van der Waals surface area (Å²) in [5.41, 5.74) is -0.417. The van der Waals surface area contributed by atoms with Gasteiger partial charge in [0, 0.05) is 10.6 Å². The molecule has 8 nitrogen and oxygen atoms in total. The average Bonchev–Trinajstić information content (AvgIpc) is 2.72. The van der Waals surface area contributed by atoms with E-state index >= 15 is 0 Å². The first-order valence-corrected chi connectivity index (χ1v) is 6.35. The summed E-state index contributed by atoms with van der Waals surface area (Å²) in [6.07, 6.45) is 1.18. The fraction of sp³-hybridized carbons (Fsp3) is 0.0909.